The molecule has 1 aliphatic rings. The topological polar surface area (TPSA) is 115 Å². The lowest BCUT2D eigenvalue weighted by Crippen LogP contribution is -2.38. The Bertz CT molecular complexity index is 1820. The van der Waals surface area contributed by atoms with Crippen molar-refractivity contribution in [2.24, 2.45) is 0 Å². The smallest absolute Gasteiger partial charge is 0.345 e. The summed E-state index contributed by atoms with van der Waals surface area (Å²) in [7, 11) is 0. The molecule has 42 heavy (non-hydrogen) atoms. The predicted octanol–water partition coefficient (Wildman–Crippen LogP) is 4.71. The number of carbonyl (C=O) groups is 2. The standard InChI is InChI=1S/C33H28N4O5/c38-31(22-10-3-1-4-11-22)35-28(32(39)34-20-26-15-9-17-41-26)19-24-21-37(25-13-5-2-6-14-25)36-30(24)27-18-23-12-7-8-16-29(23)42-33(27)40/h1-8,10-14,16,18-19,21,26H,9,15,17,20H2,(H,34,39)(H,35,38)/b28-19-/t26-/m1/s1. The number of nitrogens with zero attached hydrogens (tertiary/aromatic N) is 2. The average molecular weight is 561 g/mol. The van der Waals surface area contributed by atoms with E-state index in [0.717, 1.165) is 23.9 Å². The minimum atomic E-state index is -0.570. The molecule has 0 unspecified atom stereocenters. The van der Waals surface area contributed by atoms with Gasteiger partial charge in [0.2, 0.25) is 0 Å². The van der Waals surface area contributed by atoms with Crippen LogP contribution in [0.15, 0.2) is 112 Å². The lowest BCUT2D eigenvalue weighted by Gasteiger charge is -2.14. The summed E-state index contributed by atoms with van der Waals surface area (Å²) in [6.07, 6.45) is 4.94. The molecule has 5 aromatic rings. The van der Waals surface area contributed by atoms with Gasteiger partial charge in [-0.2, -0.15) is 5.10 Å². The normalized spacial score (nSPS) is 15.0. The number of amides is 2. The van der Waals surface area contributed by atoms with Crippen LogP contribution in [0.1, 0.15) is 28.8 Å². The Morgan fingerprint density at radius 1 is 0.976 bits per heavy atom. The molecule has 210 valence electrons. The Hall–Kier alpha value is -5.28. The third kappa shape index (κ3) is 5.91. The largest absolute Gasteiger partial charge is 0.422 e. The van der Waals surface area contributed by atoms with Crippen molar-refractivity contribution in [3.05, 3.63) is 124 Å². The molecule has 1 fully saturated rings. The maximum atomic E-state index is 13.5. The fraction of sp³-hybridized carbons (Fsp3) is 0.152. The van der Waals surface area contributed by atoms with Crippen molar-refractivity contribution in [1.82, 2.24) is 20.4 Å². The summed E-state index contributed by atoms with van der Waals surface area (Å²) in [5.41, 5.74) is 2.00. The van der Waals surface area contributed by atoms with Crippen molar-refractivity contribution in [1.29, 1.82) is 0 Å². The lowest BCUT2D eigenvalue weighted by molar-refractivity contribution is -0.118. The average Bonchev–Trinajstić information content (AvgIpc) is 3.70. The minimum absolute atomic E-state index is 0.000823. The van der Waals surface area contributed by atoms with Gasteiger partial charge in [-0.15, -0.1) is 0 Å². The fourth-order valence-electron chi connectivity index (χ4n) is 4.85. The van der Waals surface area contributed by atoms with Gasteiger partial charge in [0.05, 0.1) is 17.4 Å². The third-order valence-electron chi connectivity index (χ3n) is 7.00. The third-order valence-corrected chi connectivity index (χ3v) is 7.00. The number of fused-ring (bicyclic) bond motifs is 1. The van der Waals surface area contributed by atoms with Gasteiger partial charge in [-0.1, -0.05) is 54.6 Å². The summed E-state index contributed by atoms with van der Waals surface area (Å²) in [5, 5.41) is 11.1. The van der Waals surface area contributed by atoms with Crippen LogP contribution in [0.3, 0.4) is 0 Å². The SMILES string of the molecule is O=C(NC[C@H]1CCCO1)/C(=C/c1cn(-c2ccccc2)nc1-c1cc2ccccc2oc1=O)NC(=O)c1ccccc1. The van der Waals surface area contributed by atoms with Crippen molar-refractivity contribution < 1.29 is 18.7 Å². The molecule has 1 atom stereocenters. The molecule has 6 rings (SSSR count). The summed E-state index contributed by atoms with van der Waals surface area (Å²) in [5.74, 6) is -0.935. The molecule has 1 aliphatic heterocycles. The molecular formula is C33H28N4O5. The molecule has 9 nitrogen and oxygen atoms in total. The second-order valence-electron chi connectivity index (χ2n) is 9.92. The van der Waals surface area contributed by atoms with Gasteiger partial charge in [-0.05, 0) is 55.3 Å². The molecule has 1 saturated heterocycles. The van der Waals surface area contributed by atoms with E-state index < -0.39 is 17.4 Å². The van der Waals surface area contributed by atoms with Crippen LogP contribution in [0, 0.1) is 0 Å². The van der Waals surface area contributed by atoms with Crippen LogP contribution in [0.25, 0.3) is 34.0 Å². The Balaban J connectivity index is 1.45. The number of hydrogen-bond acceptors (Lipinski definition) is 6. The minimum Gasteiger partial charge on any atom is -0.422 e. The molecule has 0 bridgehead atoms. The van der Waals surface area contributed by atoms with E-state index in [4.69, 9.17) is 14.3 Å². The van der Waals surface area contributed by atoms with E-state index >= 15 is 0 Å². The Morgan fingerprint density at radius 3 is 2.48 bits per heavy atom. The first-order chi connectivity index (χ1) is 20.5. The van der Waals surface area contributed by atoms with Gasteiger partial charge in [0.1, 0.15) is 17.0 Å². The summed E-state index contributed by atoms with van der Waals surface area (Å²) in [6, 6.07) is 26.9. The van der Waals surface area contributed by atoms with Crippen LogP contribution in [0.4, 0.5) is 0 Å². The number of benzene rings is 3. The number of carbonyl (C=O) groups excluding carboxylic acids is 2. The lowest BCUT2D eigenvalue weighted by atomic mass is 10.1. The zero-order valence-corrected chi connectivity index (χ0v) is 22.7. The first kappa shape index (κ1) is 26.9. The van der Waals surface area contributed by atoms with Crippen LogP contribution in [-0.4, -0.2) is 40.9 Å². The maximum Gasteiger partial charge on any atom is 0.345 e. The Labute approximate surface area is 241 Å². The van der Waals surface area contributed by atoms with Crippen molar-refractivity contribution in [2.45, 2.75) is 18.9 Å². The van der Waals surface area contributed by atoms with E-state index in [1.165, 1.54) is 6.08 Å². The molecule has 0 aliphatic carbocycles. The summed E-state index contributed by atoms with van der Waals surface area (Å²) < 4.78 is 12.9. The molecule has 0 radical (unpaired) electrons. The number of nitrogens with one attached hydrogen (secondary N) is 2. The van der Waals surface area contributed by atoms with E-state index in [1.807, 2.05) is 42.5 Å². The molecule has 2 amide bonds. The Morgan fingerprint density at radius 2 is 1.71 bits per heavy atom. The number of aromatic nitrogens is 2. The summed E-state index contributed by atoms with van der Waals surface area (Å²) >= 11 is 0. The molecule has 9 heteroatoms. The molecule has 0 spiro atoms. The van der Waals surface area contributed by atoms with Crippen molar-refractivity contribution >= 4 is 28.9 Å². The highest BCUT2D eigenvalue weighted by Gasteiger charge is 2.22. The number of para-hydroxylation sites is 2. The highest BCUT2D eigenvalue weighted by molar-refractivity contribution is 6.05. The van der Waals surface area contributed by atoms with E-state index in [2.05, 4.69) is 10.6 Å². The predicted molar refractivity (Wildman–Crippen MR) is 159 cm³/mol. The molecule has 2 aromatic heterocycles. The van der Waals surface area contributed by atoms with Crippen LogP contribution in [0.2, 0.25) is 0 Å². The van der Waals surface area contributed by atoms with Crippen LogP contribution in [-0.2, 0) is 9.53 Å². The van der Waals surface area contributed by atoms with E-state index in [9.17, 15) is 14.4 Å². The number of rotatable bonds is 8. The highest BCUT2D eigenvalue weighted by Crippen LogP contribution is 2.26. The van der Waals surface area contributed by atoms with Gasteiger partial charge in [-0.25, -0.2) is 9.48 Å². The first-order valence-electron chi connectivity index (χ1n) is 13.7. The molecule has 0 saturated carbocycles. The van der Waals surface area contributed by atoms with Gasteiger partial charge in [-0.3, -0.25) is 9.59 Å². The molecule has 3 heterocycles. The summed E-state index contributed by atoms with van der Waals surface area (Å²) in [4.78, 5) is 39.8. The highest BCUT2D eigenvalue weighted by atomic mass is 16.5. The van der Waals surface area contributed by atoms with Gasteiger partial charge >= 0.3 is 5.63 Å². The van der Waals surface area contributed by atoms with Crippen LogP contribution >= 0.6 is 0 Å². The second kappa shape index (κ2) is 12.1. The van der Waals surface area contributed by atoms with E-state index in [1.54, 1.807) is 59.4 Å². The van der Waals surface area contributed by atoms with Crippen LogP contribution < -0.4 is 16.3 Å². The van der Waals surface area contributed by atoms with Gasteiger partial charge in [0.25, 0.3) is 11.8 Å². The van der Waals surface area contributed by atoms with E-state index in [-0.39, 0.29) is 17.4 Å². The quantitative estimate of drug-likeness (QED) is 0.210. The zero-order chi connectivity index (χ0) is 28.9. The van der Waals surface area contributed by atoms with Gasteiger partial charge in [0, 0.05) is 35.9 Å². The van der Waals surface area contributed by atoms with Crippen molar-refractivity contribution in [2.75, 3.05) is 13.2 Å². The summed E-state index contributed by atoms with van der Waals surface area (Å²) in [6.45, 7) is 0.964. The van der Waals surface area contributed by atoms with Gasteiger partial charge < -0.3 is 19.8 Å². The van der Waals surface area contributed by atoms with Crippen LogP contribution in [0.5, 0.6) is 0 Å². The number of ether oxygens (including phenoxy) is 1. The van der Waals surface area contributed by atoms with Gasteiger partial charge in [0.15, 0.2) is 0 Å². The molecule has 2 N–H and O–H groups in total. The molecular weight excluding hydrogens is 532 g/mol. The monoisotopic (exact) mass is 560 g/mol. The van der Waals surface area contributed by atoms with E-state index in [0.29, 0.717) is 35.6 Å². The molecule has 3 aromatic carbocycles. The van der Waals surface area contributed by atoms with Crippen molar-refractivity contribution in [3.63, 3.8) is 0 Å². The first-order valence-corrected chi connectivity index (χ1v) is 13.7. The van der Waals surface area contributed by atoms with Crippen molar-refractivity contribution in [3.8, 4) is 16.9 Å². The second-order valence-corrected chi connectivity index (χ2v) is 9.92. The number of hydrogen-bond donors (Lipinski definition) is 2. The maximum absolute atomic E-state index is 13.5. The Kier molecular flexibility index (Phi) is 7.74. The zero-order valence-electron chi connectivity index (χ0n) is 22.7. The fourth-order valence-corrected chi connectivity index (χ4v) is 4.85.